The highest BCUT2D eigenvalue weighted by molar-refractivity contribution is 5.36. The van der Waals surface area contributed by atoms with Crippen LogP contribution < -0.4 is 4.74 Å². The minimum Gasteiger partial charge on any atom is -0.491 e. The number of rotatable bonds is 6. The van der Waals surface area contributed by atoms with E-state index in [0.29, 0.717) is 18.1 Å². The van der Waals surface area contributed by atoms with Crippen LogP contribution in [0.2, 0.25) is 0 Å². The number of aromatic nitrogens is 1. The number of nitrogens with zero attached hydrogens (tertiary/aromatic N) is 2. The highest BCUT2D eigenvalue weighted by Gasteiger charge is 2.01. The molecule has 0 amide bonds. The normalized spacial score (nSPS) is 9.60. The lowest BCUT2D eigenvalue weighted by Crippen LogP contribution is -1.99. The zero-order chi connectivity index (χ0) is 10.9. The molecule has 3 heteroatoms. The van der Waals surface area contributed by atoms with Crippen molar-refractivity contribution in [2.75, 3.05) is 6.61 Å². The molecule has 0 radical (unpaired) electrons. The van der Waals surface area contributed by atoms with Gasteiger partial charge in [0.25, 0.3) is 0 Å². The Morgan fingerprint density at radius 2 is 2.27 bits per heavy atom. The number of pyridine rings is 1. The summed E-state index contributed by atoms with van der Waals surface area (Å²) in [5.74, 6) is 0.594. The summed E-state index contributed by atoms with van der Waals surface area (Å²) in [6.45, 7) is 2.84. The maximum Gasteiger partial charge on any atom is 0.182 e. The average Bonchev–Trinajstić information content (AvgIpc) is 2.29. The smallest absolute Gasteiger partial charge is 0.182 e. The maximum absolute atomic E-state index is 8.77. The van der Waals surface area contributed by atoms with Crippen molar-refractivity contribution >= 4 is 0 Å². The highest BCUT2D eigenvalue weighted by atomic mass is 16.5. The van der Waals surface area contributed by atoms with E-state index in [9.17, 15) is 0 Å². The third kappa shape index (κ3) is 3.99. The van der Waals surface area contributed by atoms with Crippen LogP contribution in [0.25, 0.3) is 0 Å². The first kappa shape index (κ1) is 11.5. The van der Waals surface area contributed by atoms with Gasteiger partial charge in [-0.15, -0.1) is 0 Å². The Labute approximate surface area is 90.7 Å². The van der Waals surface area contributed by atoms with Gasteiger partial charge in [-0.1, -0.05) is 26.2 Å². The predicted molar refractivity (Wildman–Crippen MR) is 58.6 cm³/mol. The van der Waals surface area contributed by atoms with E-state index in [1.807, 2.05) is 6.07 Å². The second-order valence-corrected chi connectivity index (χ2v) is 3.37. The van der Waals surface area contributed by atoms with Crippen molar-refractivity contribution in [2.24, 2.45) is 0 Å². The SMILES string of the molecule is CCCCCCOc1cccnc1C#N. The summed E-state index contributed by atoms with van der Waals surface area (Å²) in [5.41, 5.74) is 0.369. The fraction of sp³-hybridized carbons (Fsp3) is 0.500. The van der Waals surface area contributed by atoms with Gasteiger partial charge < -0.3 is 4.74 Å². The molecule has 1 rings (SSSR count). The van der Waals surface area contributed by atoms with E-state index < -0.39 is 0 Å². The van der Waals surface area contributed by atoms with Crippen LogP contribution >= 0.6 is 0 Å². The van der Waals surface area contributed by atoms with E-state index >= 15 is 0 Å². The summed E-state index contributed by atoms with van der Waals surface area (Å²) in [4.78, 5) is 3.93. The first-order chi connectivity index (χ1) is 7.38. The van der Waals surface area contributed by atoms with Gasteiger partial charge in [-0.05, 0) is 18.6 Å². The molecule has 1 aromatic rings. The Hall–Kier alpha value is -1.56. The topological polar surface area (TPSA) is 45.9 Å². The first-order valence-corrected chi connectivity index (χ1v) is 5.36. The van der Waals surface area contributed by atoms with E-state index in [-0.39, 0.29) is 0 Å². The van der Waals surface area contributed by atoms with Gasteiger partial charge in [0.2, 0.25) is 0 Å². The van der Waals surface area contributed by atoms with Crippen LogP contribution in [-0.4, -0.2) is 11.6 Å². The molecule has 0 aromatic carbocycles. The molecule has 3 nitrogen and oxygen atoms in total. The molecule has 1 aromatic heterocycles. The molecule has 0 spiro atoms. The zero-order valence-electron chi connectivity index (χ0n) is 9.07. The Balaban J connectivity index is 2.34. The third-order valence-electron chi connectivity index (χ3n) is 2.13. The minimum absolute atomic E-state index is 0.369. The maximum atomic E-state index is 8.77. The molecule has 0 aliphatic rings. The van der Waals surface area contributed by atoms with Gasteiger partial charge >= 0.3 is 0 Å². The molecule has 0 saturated carbocycles. The number of unbranched alkanes of at least 4 members (excludes halogenated alkanes) is 3. The molecule has 0 bridgehead atoms. The monoisotopic (exact) mass is 204 g/mol. The summed E-state index contributed by atoms with van der Waals surface area (Å²) in [6.07, 6.45) is 6.27. The van der Waals surface area contributed by atoms with E-state index in [1.165, 1.54) is 19.3 Å². The van der Waals surface area contributed by atoms with Gasteiger partial charge in [-0.2, -0.15) is 5.26 Å². The molecular formula is C12H16N2O. The lowest BCUT2D eigenvalue weighted by Gasteiger charge is -2.06. The molecule has 15 heavy (non-hydrogen) atoms. The van der Waals surface area contributed by atoms with Gasteiger partial charge in [0.1, 0.15) is 6.07 Å². The number of hydrogen-bond acceptors (Lipinski definition) is 3. The molecule has 0 atom stereocenters. The summed E-state index contributed by atoms with van der Waals surface area (Å²) in [5, 5.41) is 8.77. The van der Waals surface area contributed by atoms with Crippen LogP contribution in [0, 0.1) is 11.3 Å². The van der Waals surface area contributed by atoms with E-state index in [0.717, 1.165) is 6.42 Å². The molecule has 1 heterocycles. The number of ether oxygens (including phenoxy) is 1. The average molecular weight is 204 g/mol. The van der Waals surface area contributed by atoms with Gasteiger partial charge in [0.15, 0.2) is 11.4 Å². The lowest BCUT2D eigenvalue weighted by molar-refractivity contribution is 0.303. The van der Waals surface area contributed by atoms with Crippen molar-refractivity contribution in [2.45, 2.75) is 32.6 Å². The molecule has 0 unspecified atom stereocenters. The molecule has 0 aliphatic heterocycles. The Morgan fingerprint density at radius 1 is 1.40 bits per heavy atom. The van der Waals surface area contributed by atoms with Crippen LogP contribution in [-0.2, 0) is 0 Å². The van der Waals surface area contributed by atoms with Crippen molar-refractivity contribution in [1.29, 1.82) is 5.26 Å². The van der Waals surface area contributed by atoms with E-state index in [1.54, 1.807) is 18.3 Å². The molecular weight excluding hydrogens is 188 g/mol. The Kier molecular flexibility index (Phi) is 5.24. The lowest BCUT2D eigenvalue weighted by atomic mass is 10.2. The predicted octanol–water partition coefficient (Wildman–Crippen LogP) is 2.91. The number of hydrogen-bond donors (Lipinski definition) is 0. The number of nitriles is 1. The Bertz CT molecular complexity index is 331. The highest BCUT2D eigenvalue weighted by Crippen LogP contribution is 2.14. The second-order valence-electron chi connectivity index (χ2n) is 3.37. The minimum atomic E-state index is 0.369. The van der Waals surface area contributed by atoms with Gasteiger partial charge in [-0.25, -0.2) is 4.98 Å². The van der Waals surface area contributed by atoms with Crippen molar-refractivity contribution in [3.8, 4) is 11.8 Å². The summed E-state index contributed by atoms with van der Waals surface area (Å²) >= 11 is 0. The Morgan fingerprint density at radius 3 is 3.00 bits per heavy atom. The van der Waals surface area contributed by atoms with Crippen LogP contribution in [0.15, 0.2) is 18.3 Å². The molecule has 0 aliphatic carbocycles. The quantitative estimate of drug-likeness (QED) is 0.669. The van der Waals surface area contributed by atoms with Crippen molar-refractivity contribution in [3.05, 3.63) is 24.0 Å². The van der Waals surface area contributed by atoms with Crippen molar-refractivity contribution < 1.29 is 4.74 Å². The van der Waals surface area contributed by atoms with Crippen molar-refractivity contribution in [3.63, 3.8) is 0 Å². The first-order valence-electron chi connectivity index (χ1n) is 5.36. The summed E-state index contributed by atoms with van der Waals surface area (Å²) in [7, 11) is 0. The van der Waals surface area contributed by atoms with Gasteiger partial charge in [0, 0.05) is 6.20 Å². The molecule has 0 fully saturated rings. The van der Waals surface area contributed by atoms with Crippen LogP contribution in [0.1, 0.15) is 38.3 Å². The van der Waals surface area contributed by atoms with Gasteiger partial charge in [0.05, 0.1) is 6.61 Å². The van der Waals surface area contributed by atoms with Crippen LogP contribution in [0.4, 0.5) is 0 Å². The largest absolute Gasteiger partial charge is 0.491 e. The summed E-state index contributed by atoms with van der Waals surface area (Å²) < 4.78 is 5.49. The fourth-order valence-corrected chi connectivity index (χ4v) is 1.30. The van der Waals surface area contributed by atoms with Crippen molar-refractivity contribution in [1.82, 2.24) is 4.98 Å². The standard InChI is InChI=1S/C12H16N2O/c1-2-3-4-5-9-15-12-7-6-8-14-11(12)10-13/h6-8H,2-5,9H2,1H3. The molecule has 0 N–H and O–H groups in total. The van der Waals surface area contributed by atoms with E-state index in [2.05, 4.69) is 11.9 Å². The van der Waals surface area contributed by atoms with Gasteiger partial charge in [-0.3, -0.25) is 0 Å². The molecule has 80 valence electrons. The van der Waals surface area contributed by atoms with Crippen LogP contribution in [0.3, 0.4) is 0 Å². The zero-order valence-corrected chi connectivity index (χ0v) is 9.07. The summed E-state index contributed by atoms with van der Waals surface area (Å²) in [6, 6.07) is 5.57. The van der Waals surface area contributed by atoms with E-state index in [4.69, 9.17) is 10.00 Å². The molecule has 0 saturated heterocycles. The second kappa shape index (κ2) is 6.83. The fourth-order valence-electron chi connectivity index (χ4n) is 1.30. The third-order valence-corrected chi connectivity index (χ3v) is 2.13. The van der Waals surface area contributed by atoms with Crippen LogP contribution in [0.5, 0.6) is 5.75 Å².